The summed E-state index contributed by atoms with van der Waals surface area (Å²) in [7, 11) is 0. The number of nitrogens with one attached hydrogen (secondary N) is 1. The van der Waals surface area contributed by atoms with E-state index in [4.69, 9.17) is 5.73 Å². The summed E-state index contributed by atoms with van der Waals surface area (Å²) in [5, 5.41) is 2.55. The summed E-state index contributed by atoms with van der Waals surface area (Å²) in [6.45, 7) is 2.75. The standard InChI is InChI=1S/C10H16F2N4/c1-7(2)8-3-9(16-6-15-8)14-5-10(11,12)4-13/h3,6-7H,4-5,13H2,1-2H3,(H,14,15,16). The molecule has 6 heteroatoms. The Morgan fingerprint density at radius 2 is 2.12 bits per heavy atom. The van der Waals surface area contributed by atoms with Crippen LogP contribution in [0.4, 0.5) is 14.6 Å². The van der Waals surface area contributed by atoms with Crippen molar-refractivity contribution in [2.75, 3.05) is 18.4 Å². The molecule has 0 spiro atoms. The van der Waals surface area contributed by atoms with Crippen LogP contribution in [0.3, 0.4) is 0 Å². The molecule has 1 rings (SSSR count). The Balaban J connectivity index is 2.64. The van der Waals surface area contributed by atoms with Crippen LogP contribution in [0.5, 0.6) is 0 Å². The number of anilines is 1. The van der Waals surface area contributed by atoms with E-state index in [0.717, 1.165) is 5.69 Å². The van der Waals surface area contributed by atoms with Gasteiger partial charge in [-0.05, 0) is 5.92 Å². The fourth-order valence-corrected chi connectivity index (χ4v) is 1.08. The average Bonchev–Trinajstić information content (AvgIpc) is 2.27. The van der Waals surface area contributed by atoms with Crippen molar-refractivity contribution in [2.24, 2.45) is 5.73 Å². The summed E-state index contributed by atoms with van der Waals surface area (Å²) in [4.78, 5) is 7.90. The minimum atomic E-state index is -2.91. The first-order valence-corrected chi connectivity index (χ1v) is 5.08. The maximum atomic E-state index is 12.9. The first-order chi connectivity index (χ1) is 7.44. The average molecular weight is 230 g/mol. The van der Waals surface area contributed by atoms with Gasteiger partial charge in [-0.2, -0.15) is 0 Å². The number of halogens is 2. The highest BCUT2D eigenvalue weighted by Crippen LogP contribution is 2.16. The molecule has 1 aromatic rings. The number of hydrogen-bond acceptors (Lipinski definition) is 4. The molecule has 0 saturated carbocycles. The summed E-state index contributed by atoms with van der Waals surface area (Å²) >= 11 is 0. The lowest BCUT2D eigenvalue weighted by Gasteiger charge is -2.15. The first-order valence-electron chi connectivity index (χ1n) is 5.08. The molecule has 16 heavy (non-hydrogen) atoms. The molecule has 0 aliphatic rings. The lowest BCUT2D eigenvalue weighted by Crippen LogP contribution is -2.35. The van der Waals surface area contributed by atoms with E-state index in [1.807, 2.05) is 13.8 Å². The van der Waals surface area contributed by atoms with Crippen LogP contribution >= 0.6 is 0 Å². The second kappa shape index (κ2) is 5.16. The number of nitrogens with two attached hydrogens (primary N) is 1. The van der Waals surface area contributed by atoms with Crippen molar-refractivity contribution < 1.29 is 8.78 Å². The van der Waals surface area contributed by atoms with E-state index in [9.17, 15) is 8.78 Å². The number of nitrogens with zero attached hydrogens (tertiary/aromatic N) is 2. The van der Waals surface area contributed by atoms with Crippen molar-refractivity contribution >= 4 is 5.82 Å². The fraction of sp³-hybridized carbons (Fsp3) is 0.600. The second-order valence-corrected chi connectivity index (χ2v) is 3.90. The third-order valence-electron chi connectivity index (χ3n) is 2.11. The van der Waals surface area contributed by atoms with E-state index in [2.05, 4.69) is 15.3 Å². The van der Waals surface area contributed by atoms with Crippen molar-refractivity contribution in [1.29, 1.82) is 0 Å². The van der Waals surface area contributed by atoms with Gasteiger partial charge in [-0.1, -0.05) is 13.8 Å². The van der Waals surface area contributed by atoms with E-state index < -0.39 is 19.0 Å². The molecule has 0 atom stereocenters. The Hall–Kier alpha value is -1.30. The van der Waals surface area contributed by atoms with Gasteiger partial charge in [0.1, 0.15) is 12.1 Å². The minimum Gasteiger partial charge on any atom is -0.364 e. The summed E-state index contributed by atoms with van der Waals surface area (Å²) in [5.41, 5.74) is 5.74. The van der Waals surface area contributed by atoms with Crippen molar-refractivity contribution in [2.45, 2.75) is 25.7 Å². The van der Waals surface area contributed by atoms with Gasteiger partial charge >= 0.3 is 0 Å². The Morgan fingerprint density at radius 1 is 1.44 bits per heavy atom. The first kappa shape index (κ1) is 12.8. The van der Waals surface area contributed by atoms with E-state index in [-0.39, 0.29) is 5.92 Å². The molecule has 0 saturated heterocycles. The number of hydrogen-bond donors (Lipinski definition) is 2. The van der Waals surface area contributed by atoms with Crippen LogP contribution in [0.1, 0.15) is 25.5 Å². The minimum absolute atomic E-state index is 0.235. The van der Waals surface area contributed by atoms with Crippen molar-refractivity contribution in [3.05, 3.63) is 18.1 Å². The van der Waals surface area contributed by atoms with Crippen LogP contribution in [-0.2, 0) is 0 Å². The third-order valence-corrected chi connectivity index (χ3v) is 2.11. The van der Waals surface area contributed by atoms with Gasteiger partial charge in [0.2, 0.25) is 0 Å². The molecule has 0 unspecified atom stereocenters. The molecule has 0 amide bonds. The molecule has 0 aromatic carbocycles. The van der Waals surface area contributed by atoms with Crippen LogP contribution in [0.15, 0.2) is 12.4 Å². The highest BCUT2D eigenvalue weighted by molar-refractivity contribution is 5.35. The summed E-state index contributed by atoms with van der Waals surface area (Å²) in [5.74, 6) is -2.28. The van der Waals surface area contributed by atoms with Gasteiger partial charge in [-0.15, -0.1) is 0 Å². The van der Waals surface area contributed by atoms with Crippen LogP contribution in [0.25, 0.3) is 0 Å². The van der Waals surface area contributed by atoms with Crippen molar-refractivity contribution in [3.63, 3.8) is 0 Å². The van der Waals surface area contributed by atoms with Crippen molar-refractivity contribution in [1.82, 2.24) is 9.97 Å². The Kier molecular flexibility index (Phi) is 4.12. The smallest absolute Gasteiger partial charge is 0.276 e. The molecule has 90 valence electrons. The molecular formula is C10H16F2N4. The van der Waals surface area contributed by atoms with E-state index in [0.29, 0.717) is 5.82 Å². The number of alkyl halides is 2. The van der Waals surface area contributed by atoms with Gasteiger partial charge in [-0.3, -0.25) is 0 Å². The summed E-state index contributed by atoms with van der Waals surface area (Å²) in [6, 6.07) is 1.66. The lowest BCUT2D eigenvalue weighted by atomic mass is 10.1. The van der Waals surface area contributed by atoms with E-state index >= 15 is 0 Å². The predicted molar refractivity (Wildman–Crippen MR) is 58.6 cm³/mol. The van der Waals surface area contributed by atoms with Gasteiger partial charge in [0.05, 0.1) is 13.1 Å². The molecule has 1 heterocycles. The SMILES string of the molecule is CC(C)c1cc(NCC(F)(F)CN)ncn1. The van der Waals surface area contributed by atoms with E-state index in [1.54, 1.807) is 6.07 Å². The van der Waals surface area contributed by atoms with Gasteiger partial charge in [0.15, 0.2) is 0 Å². The van der Waals surface area contributed by atoms with Gasteiger partial charge in [0.25, 0.3) is 5.92 Å². The fourth-order valence-electron chi connectivity index (χ4n) is 1.08. The lowest BCUT2D eigenvalue weighted by molar-refractivity contribution is 0.0253. The van der Waals surface area contributed by atoms with Crippen LogP contribution in [0, 0.1) is 0 Å². The van der Waals surface area contributed by atoms with Gasteiger partial charge in [-0.25, -0.2) is 18.7 Å². The van der Waals surface area contributed by atoms with Crippen molar-refractivity contribution in [3.8, 4) is 0 Å². The van der Waals surface area contributed by atoms with Crippen LogP contribution < -0.4 is 11.1 Å². The molecular weight excluding hydrogens is 214 g/mol. The van der Waals surface area contributed by atoms with Crippen LogP contribution in [-0.4, -0.2) is 29.0 Å². The molecule has 0 aliphatic heterocycles. The van der Waals surface area contributed by atoms with Gasteiger partial charge in [0, 0.05) is 11.8 Å². The zero-order chi connectivity index (χ0) is 12.2. The quantitative estimate of drug-likeness (QED) is 0.806. The topological polar surface area (TPSA) is 63.8 Å². The van der Waals surface area contributed by atoms with Crippen LogP contribution in [0.2, 0.25) is 0 Å². The van der Waals surface area contributed by atoms with Gasteiger partial charge < -0.3 is 11.1 Å². The Morgan fingerprint density at radius 3 is 2.69 bits per heavy atom. The summed E-state index contributed by atoms with van der Waals surface area (Å²) in [6.07, 6.45) is 1.36. The summed E-state index contributed by atoms with van der Waals surface area (Å²) < 4.78 is 25.7. The molecule has 0 bridgehead atoms. The maximum Gasteiger partial charge on any atom is 0.276 e. The molecule has 1 aromatic heterocycles. The zero-order valence-electron chi connectivity index (χ0n) is 9.37. The largest absolute Gasteiger partial charge is 0.364 e. The van der Waals surface area contributed by atoms with E-state index in [1.165, 1.54) is 6.33 Å². The highest BCUT2D eigenvalue weighted by Gasteiger charge is 2.26. The zero-order valence-corrected chi connectivity index (χ0v) is 9.37. The molecule has 4 nitrogen and oxygen atoms in total. The Labute approximate surface area is 93.3 Å². The maximum absolute atomic E-state index is 12.9. The highest BCUT2D eigenvalue weighted by atomic mass is 19.3. The molecule has 0 fully saturated rings. The second-order valence-electron chi connectivity index (χ2n) is 3.90. The Bertz CT molecular complexity index is 341. The number of aromatic nitrogens is 2. The molecule has 0 radical (unpaired) electrons. The normalized spacial score (nSPS) is 11.9. The molecule has 0 aliphatic carbocycles. The third kappa shape index (κ3) is 3.69. The predicted octanol–water partition coefficient (Wildman–Crippen LogP) is 1.61. The monoisotopic (exact) mass is 230 g/mol. The molecule has 3 N–H and O–H groups in total. The number of rotatable bonds is 5.